The van der Waals surface area contributed by atoms with Crippen molar-refractivity contribution >= 4 is 0 Å². The highest BCUT2D eigenvalue weighted by Crippen LogP contribution is 2.21. The predicted molar refractivity (Wildman–Crippen MR) is 75.7 cm³/mol. The molecule has 1 atom stereocenters. The third-order valence-electron chi connectivity index (χ3n) is 3.88. The van der Waals surface area contributed by atoms with E-state index in [-0.39, 0.29) is 0 Å². The average Bonchev–Trinajstić information content (AvgIpc) is 2.99. The minimum Gasteiger partial charge on any atom is -0.306 e. The van der Waals surface area contributed by atoms with Crippen LogP contribution < -0.4 is 0 Å². The first kappa shape index (κ1) is 12.4. The summed E-state index contributed by atoms with van der Waals surface area (Å²) in [6.07, 6.45) is 4.18. The van der Waals surface area contributed by atoms with Gasteiger partial charge in [0.2, 0.25) is 0 Å². The van der Waals surface area contributed by atoms with E-state index in [4.69, 9.17) is 4.98 Å². The molecule has 1 fully saturated rings. The molecule has 0 N–H and O–H groups in total. The van der Waals surface area contributed by atoms with Crippen LogP contribution in [0, 0.1) is 5.92 Å². The first-order valence-electron chi connectivity index (χ1n) is 6.85. The van der Waals surface area contributed by atoms with E-state index in [2.05, 4.69) is 35.2 Å². The first-order chi connectivity index (χ1) is 9.22. The van der Waals surface area contributed by atoms with Gasteiger partial charge >= 0.3 is 0 Å². The minimum atomic E-state index is 0.749. The molecule has 0 unspecified atom stereocenters. The number of likely N-dealkylation sites (tertiary alicyclic amines) is 1. The third kappa shape index (κ3) is 2.68. The molecule has 1 saturated heterocycles. The molecule has 2 aromatic heterocycles. The summed E-state index contributed by atoms with van der Waals surface area (Å²) in [4.78, 5) is 7.18. The van der Waals surface area contributed by atoms with Gasteiger partial charge in [-0.05, 0) is 50.6 Å². The van der Waals surface area contributed by atoms with Crippen LogP contribution in [0.3, 0.4) is 0 Å². The van der Waals surface area contributed by atoms with E-state index in [1.54, 1.807) is 0 Å². The topological polar surface area (TPSA) is 34.0 Å². The van der Waals surface area contributed by atoms with Gasteiger partial charge in [-0.25, -0.2) is 0 Å². The lowest BCUT2D eigenvalue weighted by molar-refractivity contribution is 0.393. The van der Waals surface area contributed by atoms with Crippen molar-refractivity contribution in [3.8, 4) is 11.4 Å². The Labute approximate surface area is 114 Å². The van der Waals surface area contributed by atoms with Crippen molar-refractivity contribution in [2.75, 3.05) is 20.1 Å². The van der Waals surface area contributed by atoms with Crippen LogP contribution in [0.15, 0.2) is 30.5 Å². The maximum atomic E-state index is 4.79. The Morgan fingerprint density at radius 1 is 1.26 bits per heavy atom. The van der Waals surface area contributed by atoms with Crippen LogP contribution >= 0.6 is 0 Å². The second-order valence-corrected chi connectivity index (χ2v) is 5.48. The summed E-state index contributed by atoms with van der Waals surface area (Å²) in [7, 11) is 4.15. The molecular formula is C15H20N4. The molecular weight excluding hydrogens is 236 g/mol. The van der Waals surface area contributed by atoms with E-state index < -0.39 is 0 Å². The SMILES string of the molecule is CN1CC[C@H](Cc2cccc(-c3ccnn3C)n2)C1. The summed E-state index contributed by atoms with van der Waals surface area (Å²) < 4.78 is 1.87. The first-order valence-corrected chi connectivity index (χ1v) is 6.85. The zero-order valence-electron chi connectivity index (χ0n) is 11.6. The number of hydrogen-bond acceptors (Lipinski definition) is 3. The van der Waals surface area contributed by atoms with Crippen LogP contribution in [0.2, 0.25) is 0 Å². The minimum absolute atomic E-state index is 0.749. The summed E-state index contributed by atoms with van der Waals surface area (Å²) in [6.45, 7) is 2.41. The van der Waals surface area contributed by atoms with Crippen LogP contribution in [-0.4, -0.2) is 39.8 Å². The molecule has 0 amide bonds. The van der Waals surface area contributed by atoms with Gasteiger partial charge in [0.25, 0.3) is 0 Å². The van der Waals surface area contributed by atoms with E-state index in [1.807, 2.05) is 24.0 Å². The third-order valence-corrected chi connectivity index (χ3v) is 3.88. The van der Waals surface area contributed by atoms with Crippen LogP contribution in [0.1, 0.15) is 12.1 Å². The smallest absolute Gasteiger partial charge is 0.0886 e. The Balaban J connectivity index is 1.79. The molecule has 3 rings (SSSR count). The second-order valence-electron chi connectivity index (χ2n) is 5.48. The molecule has 19 heavy (non-hydrogen) atoms. The molecule has 0 bridgehead atoms. The van der Waals surface area contributed by atoms with E-state index in [1.165, 1.54) is 25.2 Å². The summed E-state index contributed by atoms with van der Waals surface area (Å²) in [5.74, 6) is 0.749. The molecule has 0 saturated carbocycles. The van der Waals surface area contributed by atoms with Crippen molar-refractivity contribution < 1.29 is 0 Å². The normalized spacial score (nSPS) is 20.0. The molecule has 0 radical (unpaired) electrons. The number of aryl methyl sites for hydroxylation is 1. The molecule has 2 aromatic rings. The van der Waals surface area contributed by atoms with Gasteiger partial charge in [0.05, 0.1) is 11.4 Å². The Morgan fingerprint density at radius 3 is 2.84 bits per heavy atom. The fourth-order valence-corrected chi connectivity index (χ4v) is 2.85. The molecule has 0 spiro atoms. The lowest BCUT2D eigenvalue weighted by atomic mass is 10.0. The van der Waals surface area contributed by atoms with Gasteiger partial charge in [0.1, 0.15) is 0 Å². The Bertz CT molecular complexity index is 561. The van der Waals surface area contributed by atoms with Gasteiger partial charge in [-0.2, -0.15) is 5.10 Å². The number of pyridine rings is 1. The van der Waals surface area contributed by atoms with Crippen LogP contribution in [-0.2, 0) is 13.5 Å². The van der Waals surface area contributed by atoms with Gasteiger partial charge in [0.15, 0.2) is 0 Å². The number of rotatable bonds is 3. The standard InChI is InChI=1S/C15H20N4/c1-18-9-7-12(11-18)10-13-4-3-5-14(17-13)15-6-8-16-19(15)2/h3-6,8,12H,7,9-11H2,1-2H3/t12-/m1/s1. The molecule has 4 heteroatoms. The Hall–Kier alpha value is -1.68. The summed E-state index contributed by atoms with van der Waals surface area (Å²) in [6, 6.07) is 8.30. The monoisotopic (exact) mass is 256 g/mol. The molecule has 100 valence electrons. The Morgan fingerprint density at radius 2 is 2.16 bits per heavy atom. The fourth-order valence-electron chi connectivity index (χ4n) is 2.85. The van der Waals surface area contributed by atoms with Crippen molar-refractivity contribution in [3.05, 3.63) is 36.2 Å². The lowest BCUT2D eigenvalue weighted by Gasteiger charge is -2.10. The van der Waals surface area contributed by atoms with Crippen molar-refractivity contribution in [1.82, 2.24) is 19.7 Å². The largest absolute Gasteiger partial charge is 0.306 e. The average molecular weight is 256 g/mol. The second kappa shape index (κ2) is 5.13. The molecule has 4 nitrogen and oxygen atoms in total. The van der Waals surface area contributed by atoms with Gasteiger partial charge in [-0.1, -0.05) is 6.07 Å². The van der Waals surface area contributed by atoms with Gasteiger partial charge in [-0.15, -0.1) is 0 Å². The van der Waals surface area contributed by atoms with Crippen molar-refractivity contribution in [2.45, 2.75) is 12.8 Å². The highest BCUT2D eigenvalue weighted by atomic mass is 15.3. The molecule has 0 aliphatic carbocycles. The summed E-state index contributed by atoms with van der Waals surface area (Å²) in [5, 5.41) is 4.21. The van der Waals surface area contributed by atoms with E-state index >= 15 is 0 Å². The highest BCUT2D eigenvalue weighted by molar-refractivity contribution is 5.54. The number of hydrogen-bond donors (Lipinski definition) is 0. The van der Waals surface area contributed by atoms with E-state index in [9.17, 15) is 0 Å². The van der Waals surface area contributed by atoms with Crippen molar-refractivity contribution in [3.63, 3.8) is 0 Å². The molecule has 3 heterocycles. The molecule has 1 aliphatic heterocycles. The quantitative estimate of drug-likeness (QED) is 0.842. The number of aromatic nitrogens is 3. The zero-order valence-corrected chi connectivity index (χ0v) is 11.6. The molecule has 1 aliphatic rings. The number of nitrogens with zero attached hydrogens (tertiary/aromatic N) is 4. The lowest BCUT2D eigenvalue weighted by Crippen LogP contribution is -2.15. The maximum absolute atomic E-state index is 4.79. The molecule has 0 aromatic carbocycles. The summed E-state index contributed by atoms with van der Waals surface area (Å²) >= 11 is 0. The van der Waals surface area contributed by atoms with Crippen LogP contribution in [0.4, 0.5) is 0 Å². The van der Waals surface area contributed by atoms with Gasteiger partial charge in [-0.3, -0.25) is 9.67 Å². The van der Waals surface area contributed by atoms with Gasteiger partial charge in [0, 0.05) is 25.5 Å². The highest BCUT2D eigenvalue weighted by Gasteiger charge is 2.20. The maximum Gasteiger partial charge on any atom is 0.0886 e. The van der Waals surface area contributed by atoms with Crippen LogP contribution in [0.5, 0.6) is 0 Å². The zero-order chi connectivity index (χ0) is 13.2. The van der Waals surface area contributed by atoms with Crippen molar-refractivity contribution in [1.29, 1.82) is 0 Å². The summed E-state index contributed by atoms with van der Waals surface area (Å²) in [5.41, 5.74) is 3.29. The van der Waals surface area contributed by atoms with Crippen LogP contribution in [0.25, 0.3) is 11.4 Å². The fraction of sp³-hybridized carbons (Fsp3) is 0.467. The van der Waals surface area contributed by atoms with E-state index in [0.29, 0.717) is 0 Å². The van der Waals surface area contributed by atoms with E-state index in [0.717, 1.165) is 23.7 Å². The van der Waals surface area contributed by atoms with Gasteiger partial charge < -0.3 is 4.90 Å². The Kier molecular flexibility index (Phi) is 3.34. The van der Waals surface area contributed by atoms with Crippen molar-refractivity contribution in [2.24, 2.45) is 13.0 Å². The predicted octanol–water partition coefficient (Wildman–Crippen LogP) is 1.98.